The maximum Gasteiger partial charge on any atom is 0.248 e. The molecule has 1 aromatic rings. The Morgan fingerprint density at radius 3 is 2.92 bits per heavy atom. The Bertz CT molecular complexity index is 570. The van der Waals surface area contributed by atoms with Crippen molar-refractivity contribution < 1.29 is 9.26 Å². The molecule has 2 rings (SSSR count). The maximum absolute atomic E-state index is 5.51. The summed E-state index contributed by atoms with van der Waals surface area (Å²) in [5.41, 5.74) is 0.369. The number of ether oxygens (including phenoxy) is 1. The molecule has 0 amide bonds. The van der Waals surface area contributed by atoms with E-state index in [9.17, 15) is 0 Å². The van der Waals surface area contributed by atoms with E-state index in [0.29, 0.717) is 30.3 Å². The van der Waals surface area contributed by atoms with Crippen molar-refractivity contribution in [3.05, 3.63) is 11.7 Å². The highest BCUT2D eigenvalue weighted by atomic mass is 16.5. The minimum Gasteiger partial charge on any atom is -0.371 e. The number of aliphatic imine (C=N–C) groups is 1. The van der Waals surface area contributed by atoms with Crippen LogP contribution < -0.4 is 5.32 Å². The minimum absolute atomic E-state index is 0.161. The lowest BCUT2D eigenvalue weighted by Crippen LogP contribution is -2.49. The number of aromatic nitrogens is 2. The standard InChI is InChI=1S/C19H35N5O2/c1-6-10-19(5)11-9-12-24(14-19)18(20-7-2)21-13-16-22-17(23-26-16)15(4)25-8-3/h15H,6-14H2,1-5H3,(H,20,21). The Morgan fingerprint density at radius 1 is 1.42 bits per heavy atom. The molecule has 2 unspecified atom stereocenters. The first kappa shape index (κ1) is 20.7. The van der Waals surface area contributed by atoms with Gasteiger partial charge >= 0.3 is 0 Å². The fourth-order valence-corrected chi connectivity index (χ4v) is 3.69. The number of rotatable bonds is 8. The summed E-state index contributed by atoms with van der Waals surface area (Å²) in [4.78, 5) is 11.5. The Hall–Kier alpha value is -1.63. The lowest BCUT2D eigenvalue weighted by atomic mass is 9.78. The molecule has 1 N–H and O–H groups in total. The molecule has 0 aromatic carbocycles. The number of nitrogens with one attached hydrogen (secondary N) is 1. The van der Waals surface area contributed by atoms with Gasteiger partial charge in [0.2, 0.25) is 5.89 Å². The SMILES string of the molecule is CCCC1(C)CCCN(C(=NCc2nc(C(C)OCC)no2)NCC)C1. The maximum atomic E-state index is 5.51. The molecular weight excluding hydrogens is 330 g/mol. The summed E-state index contributed by atoms with van der Waals surface area (Å²) in [6.45, 7) is 14.6. The molecule has 2 atom stereocenters. The van der Waals surface area contributed by atoms with Gasteiger partial charge < -0.3 is 19.5 Å². The summed E-state index contributed by atoms with van der Waals surface area (Å²) < 4.78 is 10.8. The Morgan fingerprint density at radius 2 is 2.23 bits per heavy atom. The topological polar surface area (TPSA) is 75.8 Å². The number of guanidine groups is 1. The van der Waals surface area contributed by atoms with Crippen LogP contribution in [0.5, 0.6) is 0 Å². The summed E-state index contributed by atoms with van der Waals surface area (Å²) in [6, 6.07) is 0. The molecule has 7 heteroatoms. The number of hydrogen-bond acceptors (Lipinski definition) is 5. The number of piperidine rings is 1. The van der Waals surface area contributed by atoms with E-state index in [2.05, 4.69) is 41.1 Å². The largest absolute Gasteiger partial charge is 0.371 e. The molecule has 26 heavy (non-hydrogen) atoms. The lowest BCUT2D eigenvalue weighted by molar-refractivity contribution is 0.0683. The Kier molecular flexibility index (Phi) is 7.87. The Labute approximate surface area is 157 Å². The second-order valence-electron chi connectivity index (χ2n) is 7.40. The van der Waals surface area contributed by atoms with Crippen LogP contribution in [0.25, 0.3) is 0 Å². The highest BCUT2D eigenvalue weighted by Gasteiger charge is 2.31. The third-order valence-electron chi connectivity index (χ3n) is 4.90. The molecule has 1 aromatic heterocycles. The predicted molar refractivity (Wildman–Crippen MR) is 103 cm³/mol. The van der Waals surface area contributed by atoms with Gasteiger partial charge in [-0.2, -0.15) is 4.98 Å². The van der Waals surface area contributed by atoms with Crippen LogP contribution in [0.15, 0.2) is 9.52 Å². The van der Waals surface area contributed by atoms with E-state index < -0.39 is 0 Å². The fraction of sp³-hybridized carbons (Fsp3) is 0.842. The molecule has 1 aliphatic heterocycles. The zero-order valence-corrected chi connectivity index (χ0v) is 17.0. The second kappa shape index (κ2) is 9.90. The predicted octanol–water partition coefficient (Wildman–Crippen LogP) is 3.53. The van der Waals surface area contributed by atoms with E-state index in [-0.39, 0.29) is 6.10 Å². The summed E-state index contributed by atoms with van der Waals surface area (Å²) in [5, 5.41) is 7.42. The zero-order valence-electron chi connectivity index (χ0n) is 17.0. The van der Waals surface area contributed by atoms with Crippen molar-refractivity contribution in [2.75, 3.05) is 26.2 Å². The van der Waals surface area contributed by atoms with Gasteiger partial charge in [0.1, 0.15) is 12.6 Å². The van der Waals surface area contributed by atoms with Crippen molar-refractivity contribution in [3.8, 4) is 0 Å². The third kappa shape index (κ3) is 5.69. The summed E-state index contributed by atoms with van der Waals surface area (Å²) in [6.07, 6.45) is 4.81. The zero-order chi connectivity index (χ0) is 19.0. The van der Waals surface area contributed by atoms with Crippen LogP contribution in [0.1, 0.15) is 78.1 Å². The molecule has 1 aliphatic rings. The molecule has 0 aliphatic carbocycles. The fourth-order valence-electron chi connectivity index (χ4n) is 3.69. The van der Waals surface area contributed by atoms with E-state index in [1.54, 1.807) is 0 Å². The van der Waals surface area contributed by atoms with Crippen LogP contribution in [-0.2, 0) is 11.3 Å². The minimum atomic E-state index is -0.161. The van der Waals surface area contributed by atoms with Gasteiger partial charge in [-0.25, -0.2) is 4.99 Å². The van der Waals surface area contributed by atoms with Crippen LogP contribution in [-0.4, -0.2) is 47.2 Å². The van der Waals surface area contributed by atoms with Gasteiger partial charge in [0.15, 0.2) is 11.8 Å². The van der Waals surface area contributed by atoms with Crippen LogP contribution in [0, 0.1) is 5.41 Å². The van der Waals surface area contributed by atoms with Crippen molar-refractivity contribution in [2.24, 2.45) is 10.4 Å². The van der Waals surface area contributed by atoms with E-state index in [4.69, 9.17) is 14.3 Å². The first-order chi connectivity index (χ1) is 12.5. The smallest absolute Gasteiger partial charge is 0.248 e. The van der Waals surface area contributed by atoms with Gasteiger partial charge in [-0.1, -0.05) is 25.4 Å². The van der Waals surface area contributed by atoms with Gasteiger partial charge in [0.25, 0.3) is 0 Å². The van der Waals surface area contributed by atoms with E-state index in [0.717, 1.165) is 25.6 Å². The van der Waals surface area contributed by atoms with Crippen molar-refractivity contribution in [1.29, 1.82) is 0 Å². The molecular formula is C19H35N5O2. The first-order valence-electron chi connectivity index (χ1n) is 9.98. The van der Waals surface area contributed by atoms with Crippen molar-refractivity contribution in [3.63, 3.8) is 0 Å². The molecule has 148 valence electrons. The number of hydrogen-bond donors (Lipinski definition) is 1. The average Bonchev–Trinajstić information content (AvgIpc) is 3.08. The van der Waals surface area contributed by atoms with Crippen molar-refractivity contribution in [2.45, 2.75) is 73.0 Å². The summed E-state index contributed by atoms with van der Waals surface area (Å²) >= 11 is 0. The van der Waals surface area contributed by atoms with Gasteiger partial charge in [0, 0.05) is 26.2 Å². The first-order valence-corrected chi connectivity index (χ1v) is 9.98. The molecule has 7 nitrogen and oxygen atoms in total. The van der Waals surface area contributed by atoms with Crippen LogP contribution >= 0.6 is 0 Å². The lowest BCUT2D eigenvalue weighted by Gasteiger charge is -2.42. The normalized spacial score (nSPS) is 22.5. The monoisotopic (exact) mass is 365 g/mol. The number of likely N-dealkylation sites (tertiary alicyclic amines) is 1. The van der Waals surface area contributed by atoms with Gasteiger partial charge in [-0.05, 0) is 45.4 Å². The molecule has 0 saturated carbocycles. The molecule has 0 bridgehead atoms. The molecule has 0 radical (unpaired) electrons. The van der Waals surface area contributed by atoms with E-state index in [1.807, 2.05) is 13.8 Å². The molecule has 1 saturated heterocycles. The van der Waals surface area contributed by atoms with Crippen molar-refractivity contribution >= 4 is 5.96 Å². The second-order valence-corrected chi connectivity index (χ2v) is 7.40. The number of nitrogens with zero attached hydrogens (tertiary/aromatic N) is 4. The van der Waals surface area contributed by atoms with Gasteiger partial charge in [-0.3, -0.25) is 0 Å². The molecule has 0 spiro atoms. The van der Waals surface area contributed by atoms with E-state index >= 15 is 0 Å². The molecule has 2 heterocycles. The van der Waals surface area contributed by atoms with Gasteiger partial charge in [0.05, 0.1) is 0 Å². The quantitative estimate of drug-likeness (QED) is 0.561. The summed E-state index contributed by atoms with van der Waals surface area (Å²) in [7, 11) is 0. The Balaban J connectivity index is 2.04. The molecule has 1 fully saturated rings. The van der Waals surface area contributed by atoms with Gasteiger partial charge in [-0.15, -0.1) is 0 Å². The summed E-state index contributed by atoms with van der Waals surface area (Å²) in [5.74, 6) is 2.04. The van der Waals surface area contributed by atoms with Crippen LogP contribution in [0.2, 0.25) is 0 Å². The average molecular weight is 366 g/mol. The third-order valence-corrected chi connectivity index (χ3v) is 4.90. The highest BCUT2D eigenvalue weighted by molar-refractivity contribution is 5.80. The van der Waals surface area contributed by atoms with Crippen LogP contribution in [0.3, 0.4) is 0 Å². The van der Waals surface area contributed by atoms with E-state index in [1.165, 1.54) is 25.7 Å². The van der Waals surface area contributed by atoms with Crippen LogP contribution in [0.4, 0.5) is 0 Å². The highest BCUT2D eigenvalue weighted by Crippen LogP contribution is 2.33. The van der Waals surface area contributed by atoms with Crippen molar-refractivity contribution in [1.82, 2.24) is 20.4 Å².